The summed E-state index contributed by atoms with van der Waals surface area (Å²) < 4.78 is 38.3. The van der Waals surface area contributed by atoms with Gasteiger partial charge in [-0.05, 0) is 30.0 Å². The molecule has 0 radical (unpaired) electrons. The maximum absolute atomic E-state index is 12.8. The first-order chi connectivity index (χ1) is 9.49. The highest BCUT2D eigenvalue weighted by Gasteiger charge is 2.37. The molecule has 106 valence electrons. The van der Waals surface area contributed by atoms with Crippen LogP contribution in [0.25, 0.3) is 0 Å². The minimum absolute atomic E-state index is 0.301. The van der Waals surface area contributed by atoms with Crippen molar-refractivity contribution in [2.45, 2.75) is 6.18 Å². The molecule has 2 aliphatic heterocycles. The number of nitrogens with zero attached hydrogens (tertiary/aromatic N) is 2. The number of benzene rings is 1. The van der Waals surface area contributed by atoms with E-state index in [1.807, 2.05) is 0 Å². The summed E-state index contributed by atoms with van der Waals surface area (Å²) in [4.78, 5) is 2.08. The smallest absolute Gasteiger partial charge is 0.371 e. The zero-order valence-electron chi connectivity index (χ0n) is 10.7. The molecular weight excluding hydrogens is 267 g/mol. The van der Waals surface area contributed by atoms with Crippen molar-refractivity contribution in [1.82, 2.24) is 5.32 Å². The highest BCUT2D eigenvalue weighted by Crippen LogP contribution is 2.36. The van der Waals surface area contributed by atoms with Gasteiger partial charge in [0, 0.05) is 31.9 Å². The van der Waals surface area contributed by atoms with Gasteiger partial charge in [0.1, 0.15) is 0 Å². The topological polar surface area (TPSA) is 39.1 Å². The Morgan fingerprint density at radius 2 is 1.85 bits per heavy atom. The Morgan fingerprint density at radius 3 is 2.40 bits per heavy atom. The van der Waals surface area contributed by atoms with Gasteiger partial charge in [-0.25, -0.2) is 0 Å². The van der Waals surface area contributed by atoms with Crippen LogP contribution in [-0.2, 0) is 6.18 Å². The van der Waals surface area contributed by atoms with Crippen molar-refractivity contribution in [3.05, 3.63) is 29.3 Å². The van der Waals surface area contributed by atoms with Gasteiger partial charge in [0.05, 0.1) is 17.2 Å². The average Bonchev–Trinajstić information content (AvgIpc) is 2.97. The Labute approximate surface area is 115 Å². The van der Waals surface area contributed by atoms with E-state index >= 15 is 0 Å². The van der Waals surface area contributed by atoms with Crippen LogP contribution in [0, 0.1) is 23.2 Å². The van der Waals surface area contributed by atoms with E-state index in [2.05, 4.69) is 10.2 Å². The van der Waals surface area contributed by atoms with Crippen LogP contribution in [0.4, 0.5) is 18.9 Å². The molecule has 0 amide bonds. The molecule has 1 aromatic carbocycles. The van der Waals surface area contributed by atoms with Crippen molar-refractivity contribution < 1.29 is 13.2 Å². The zero-order valence-corrected chi connectivity index (χ0v) is 10.7. The lowest BCUT2D eigenvalue weighted by molar-refractivity contribution is -0.137. The van der Waals surface area contributed by atoms with Crippen LogP contribution >= 0.6 is 0 Å². The van der Waals surface area contributed by atoms with Gasteiger partial charge < -0.3 is 10.2 Å². The molecule has 6 heteroatoms. The number of nitrogens with one attached hydrogen (secondary N) is 1. The number of alkyl halides is 3. The van der Waals surface area contributed by atoms with Crippen LogP contribution in [0.5, 0.6) is 0 Å². The first kappa shape index (κ1) is 13.3. The summed E-state index contributed by atoms with van der Waals surface area (Å²) in [6.07, 6.45) is -4.48. The van der Waals surface area contributed by atoms with E-state index in [1.54, 1.807) is 6.07 Å². The van der Waals surface area contributed by atoms with Gasteiger partial charge in [0.25, 0.3) is 0 Å². The van der Waals surface area contributed by atoms with Crippen molar-refractivity contribution >= 4 is 5.69 Å². The van der Waals surface area contributed by atoms with Crippen LogP contribution in [-0.4, -0.2) is 26.2 Å². The molecule has 1 aromatic rings. The van der Waals surface area contributed by atoms with E-state index in [0.29, 0.717) is 17.5 Å². The minimum Gasteiger partial charge on any atom is -0.371 e. The second-order valence-electron chi connectivity index (χ2n) is 5.42. The predicted octanol–water partition coefficient (Wildman–Crippen LogP) is 2.23. The van der Waals surface area contributed by atoms with Crippen molar-refractivity contribution in [2.75, 3.05) is 31.1 Å². The van der Waals surface area contributed by atoms with Gasteiger partial charge >= 0.3 is 6.18 Å². The molecule has 0 spiro atoms. The molecule has 2 heterocycles. The van der Waals surface area contributed by atoms with Gasteiger partial charge in [-0.2, -0.15) is 18.4 Å². The summed E-state index contributed by atoms with van der Waals surface area (Å²) in [6.45, 7) is 3.61. The number of hydrogen-bond acceptors (Lipinski definition) is 3. The van der Waals surface area contributed by atoms with E-state index in [0.717, 1.165) is 32.2 Å². The average molecular weight is 281 g/mol. The van der Waals surface area contributed by atoms with Gasteiger partial charge in [-0.3, -0.25) is 0 Å². The van der Waals surface area contributed by atoms with Gasteiger partial charge in [-0.15, -0.1) is 0 Å². The zero-order chi connectivity index (χ0) is 14.3. The number of hydrogen-bond donors (Lipinski definition) is 1. The number of fused-ring (bicyclic) bond motifs is 1. The first-order valence-corrected chi connectivity index (χ1v) is 6.56. The quantitative estimate of drug-likeness (QED) is 0.858. The first-order valence-electron chi connectivity index (χ1n) is 6.56. The summed E-state index contributed by atoms with van der Waals surface area (Å²) in [5, 5.41) is 12.3. The lowest BCUT2D eigenvalue weighted by atomic mass is 10.0. The minimum atomic E-state index is -4.48. The molecule has 0 aliphatic carbocycles. The van der Waals surface area contributed by atoms with Crippen molar-refractivity contribution in [3.8, 4) is 6.07 Å². The molecule has 3 rings (SSSR count). The summed E-state index contributed by atoms with van der Waals surface area (Å²) in [5.41, 5.74) is -0.445. The molecule has 2 saturated heterocycles. The molecular formula is C14H14F3N3. The van der Waals surface area contributed by atoms with Gasteiger partial charge in [-0.1, -0.05) is 0 Å². The largest absolute Gasteiger partial charge is 0.417 e. The highest BCUT2D eigenvalue weighted by molar-refractivity contribution is 5.56. The molecule has 0 bridgehead atoms. The lowest BCUT2D eigenvalue weighted by Crippen LogP contribution is -2.25. The van der Waals surface area contributed by atoms with Gasteiger partial charge in [0.2, 0.25) is 0 Å². The van der Waals surface area contributed by atoms with E-state index in [1.165, 1.54) is 12.1 Å². The summed E-state index contributed by atoms with van der Waals surface area (Å²) >= 11 is 0. The molecule has 2 fully saturated rings. The number of rotatable bonds is 1. The third-order valence-electron chi connectivity index (χ3n) is 4.18. The third-order valence-corrected chi connectivity index (χ3v) is 4.18. The summed E-state index contributed by atoms with van der Waals surface area (Å²) in [7, 11) is 0. The SMILES string of the molecule is N#Cc1cc(N2CC3CNCC3C2)ccc1C(F)(F)F. The standard InChI is InChI=1S/C14H14F3N3/c15-14(16,17)13-2-1-12(3-9(13)4-18)20-7-10-5-19-6-11(10)8-20/h1-3,10-11,19H,5-8H2. The maximum Gasteiger partial charge on any atom is 0.417 e. The summed E-state index contributed by atoms with van der Waals surface area (Å²) in [6, 6.07) is 5.50. The molecule has 20 heavy (non-hydrogen) atoms. The Bertz CT molecular complexity index is 550. The van der Waals surface area contributed by atoms with E-state index in [9.17, 15) is 13.2 Å². The van der Waals surface area contributed by atoms with Crippen molar-refractivity contribution in [1.29, 1.82) is 5.26 Å². The Kier molecular flexibility index (Phi) is 3.09. The normalized spacial score (nSPS) is 25.6. The third kappa shape index (κ3) is 2.22. The van der Waals surface area contributed by atoms with E-state index in [4.69, 9.17) is 5.26 Å². The highest BCUT2D eigenvalue weighted by atomic mass is 19.4. The molecule has 2 atom stereocenters. The fourth-order valence-electron chi connectivity index (χ4n) is 3.13. The molecule has 0 saturated carbocycles. The van der Waals surface area contributed by atoms with Crippen LogP contribution in [0.3, 0.4) is 0 Å². The second kappa shape index (κ2) is 4.67. The fraction of sp³-hybridized carbons (Fsp3) is 0.500. The number of anilines is 1. The van der Waals surface area contributed by atoms with Crippen molar-refractivity contribution in [2.24, 2.45) is 11.8 Å². The van der Waals surface area contributed by atoms with E-state index < -0.39 is 11.7 Å². The van der Waals surface area contributed by atoms with Gasteiger partial charge in [0.15, 0.2) is 0 Å². The second-order valence-corrected chi connectivity index (χ2v) is 5.42. The van der Waals surface area contributed by atoms with Crippen LogP contribution in [0.15, 0.2) is 18.2 Å². The number of halogens is 3. The Hall–Kier alpha value is -1.74. The Morgan fingerprint density at radius 1 is 1.20 bits per heavy atom. The molecule has 0 aromatic heterocycles. The fourth-order valence-corrected chi connectivity index (χ4v) is 3.13. The van der Waals surface area contributed by atoms with Crippen LogP contribution < -0.4 is 10.2 Å². The van der Waals surface area contributed by atoms with E-state index in [-0.39, 0.29) is 5.56 Å². The predicted molar refractivity (Wildman–Crippen MR) is 68.2 cm³/mol. The molecule has 1 N–H and O–H groups in total. The Balaban J connectivity index is 1.87. The summed E-state index contributed by atoms with van der Waals surface area (Å²) in [5.74, 6) is 1.12. The van der Waals surface area contributed by atoms with Crippen LogP contribution in [0.1, 0.15) is 11.1 Å². The van der Waals surface area contributed by atoms with Crippen LogP contribution in [0.2, 0.25) is 0 Å². The molecule has 2 unspecified atom stereocenters. The molecule has 2 aliphatic rings. The van der Waals surface area contributed by atoms with Crippen molar-refractivity contribution in [3.63, 3.8) is 0 Å². The monoisotopic (exact) mass is 281 g/mol. The lowest BCUT2D eigenvalue weighted by Gasteiger charge is -2.21. The number of nitriles is 1. The molecule has 3 nitrogen and oxygen atoms in total. The maximum atomic E-state index is 12.8.